The van der Waals surface area contributed by atoms with Crippen LogP contribution in [0.15, 0.2) is 70.0 Å². The fourth-order valence-electron chi connectivity index (χ4n) is 3.86. The van der Waals surface area contributed by atoms with E-state index in [4.69, 9.17) is 11.6 Å². The first kappa shape index (κ1) is 25.7. The number of fused-ring (bicyclic) bond motifs is 1. The number of rotatable bonds is 7. The average molecular weight is 592 g/mol. The SMILES string of the molecule is CCc1cc(Br)cc(CC)c1NC(=O)c1cc2cc(N(C)S(=O)(=O)c3ccc(Cl)cc3)ccc2s1. The fourth-order valence-corrected chi connectivity index (χ4v) is 6.66. The number of hydrogen-bond acceptors (Lipinski definition) is 4. The van der Waals surface area contributed by atoms with Crippen LogP contribution in [0.1, 0.15) is 34.6 Å². The summed E-state index contributed by atoms with van der Waals surface area (Å²) in [6, 6.07) is 17.3. The van der Waals surface area contributed by atoms with Crippen LogP contribution in [-0.4, -0.2) is 21.4 Å². The molecule has 182 valence electrons. The van der Waals surface area contributed by atoms with Gasteiger partial charge in [-0.05, 0) is 90.0 Å². The molecule has 3 aromatic carbocycles. The zero-order chi connectivity index (χ0) is 25.3. The molecule has 0 radical (unpaired) electrons. The third kappa shape index (κ3) is 5.26. The van der Waals surface area contributed by atoms with Gasteiger partial charge in [0.05, 0.1) is 15.5 Å². The number of sulfonamides is 1. The predicted octanol–water partition coefficient (Wildman–Crippen LogP) is 7.52. The molecule has 0 unspecified atom stereocenters. The molecule has 0 saturated carbocycles. The molecule has 4 rings (SSSR count). The van der Waals surface area contributed by atoms with Crippen molar-refractivity contribution in [1.29, 1.82) is 0 Å². The van der Waals surface area contributed by atoms with E-state index in [2.05, 4.69) is 35.1 Å². The van der Waals surface area contributed by atoms with Crippen LogP contribution in [0.2, 0.25) is 5.02 Å². The molecular weight excluding hydrogens is 568 g/mol. The van der Waals surface area contributed by atoms with E-state index in [0.29, 0.717) is 15.6 Å². The van der Waals surface area contributed by atoms with Gasteiger partial charge in [0, 0.05) is 26.9 Å². The smallest absolute Gasteiger partial charge is 0.265 e. The molecule has 0 aliphatic carbocycles. The van der Waals surface area contributed by atoms with E-state index >= 15 is 0 Å². The summed E-state index contributed by atoms with van der Waals surface area (Å²) in [6.45, 7) is 4.12. The summed E-state index contributed by atoms with van der Waals surface area (Å²) in [5.74, 6) is -0.179. The fraction of sp³-hybridized carbons (Fsp3) is 0.192. The zero-order valence-electron chi connectivity index (χ0n) is 19.4. The van der Waals surface area contributed by atoms with E-state index in [9.17, 15) is 13.2 Å². The summed E-state index contributed by atoms with van der Waals surface area (Å²) in [4.78, 5) is 13.9. The largest absolute Gasteiger partial charge is 0.321 e. The highest BCUT2D eigenvalue weighted by atomic mass is 79.9. The maximum Gasteiger partial charge on any atom is 0.265 e. The molecule has 0 fully saturated rings. The van der Waals surface area contributed by atoms with E-state index in [1.807, 2.05) is 18.2 Å². The molecule has 0 aliphatic heterocycles. The Morgan fingerprint density at radius 1 is 1.00 bits per heavy atom. The molecule has 1 amide bonds. The number of carbonyl (C=O) groups excluding carboxylic acids is 1. The van der Waals surface area contributed by atoms with Crippen molar-refractivity contribution in [2.75, 3.05) is 16.7 Å². The Hall–Kier alpha value is -2.39. The lowest BCUT2D eigenvalue weighted by molar-refractivity contribution is 0.103. The Morgan fingerprint density at radius 2 is 1.63 bits per heavy atom. The van der Waals surface area contributed by atoms with Crippen LogP contribution < -0.4 is 9.62 Å². The van der Waals surface area contributed by atoms with E-state index in [1.165, 1.54) is 34.8 Å². The first-order chi connectivity index (χ1) is 16.6. The lowest BCUT2D eigenvalue weighted by Crippen LogP contribution is -2.26. The lowest BCUT2D eigenvalue weighted by atomic mass is 10.0. The lowest BCUT2D eigenvalue weighted by Gasteiger charge is -2.19. The van der Waals surface area contributed by atoms with Crippen LogP contribution in [0, 0.1) is 0 Å². The summed E-state index contributed by atoms with van der Waals surface area (Å²) in [5, 5.41) is 4.38. The molecule has 9 heteroatoms. The van der Waals surface area contributed by atoms with Gasteiger partial charge in [0.15, 0.2) is 0 Å². The molecule has 0 atom stereocenters. The number of carbonyl (C=O) groups is 1. The standard InChI is InChI=1S/C26H24BrClN2O3S2/c1-4-16-12-19(27)13-17(5-2)25(16)29-26(31)24-15-18-14-21(8-11-23(18)34-24)30(3)35(32,33)22-9-6-20(28)7-10-22/h6-15H,4-5H2,1-3H3,(H,29,31). The number of hydrogen-bond donors (Lipinski definition) is 1. The minimum Gasteiger partial charge on any atom is -0.321 e. The zero-order valence-corrected chi connectivity index (χ0v) is 23.4. The van der Waals surface area contributed by atoms with Gasteiger partial charge in [-0.2, -0.15) is 0 Å². The number of aryl methyl sites for hydroxylation is 2. The molecule has 0 spiro atoms. The third-order valence-corrected chi connectivity index (χ3v) is 9.45. The van der Waals surface area contributed by atoms with Crippen molar-refractivity contribution in [2.45, 2.75) is 31.6 Å². The summed E-state index contributed by atoms with van der Waals surface area (Å²) < 4.78 is 29.2. The van der Waals surface area contributed by atoms with E-state index in [0.717, 1.165) is 44.2 Å². The molecule has 35 heavy (non-hydrogen) atoms. The van der Waals surface area contributed by atoms with Crippen LogP contribution >= 0.6 is 38.9 Å². The maximum atomic E-state index is 13.2. The van der Waals surface area contributed by atoms with Crippen molar-refractivity contribution in [1.82, 2.24) is 0 Å². The molecule has 4 aromatic rings. The summed E-state index contributed by atoms with van der Waals surface area (Å²) in [5.41, 5.74) is 3.51. The highest BCUT2D eigenvalue weighted by molar-refractivity contribution is 9.10. The van der Waals surface area contributed by atoms with Crippen LogP contribution in [0.5, 0.6) is 0 Å². The van der Waals surface area contributed by atoms with Gasteiger partial charge in [0.1, 0.15) is 0 Å². The average Bonchev–Trinajstić information content (AvgIpc) is 3.28. The minimum absolute atomic E-state index is 0.155. The Kier molecular flexibility index (Phi) is 7.57. The molecular formula is C26H24BrClN2O3S2. The highest BCUT2D eigenvalue weighted by Gasteiger charge is 2.22. The van der Waals surface area contributed by atoms with E-state index < -0.39 is 10.0 Å². The summed E-state index contributed by atoms with van der Waals surface area (Å²) in [6.07, 6.45) is 1.60. The van der Waals surface area contributed by atoms with Crippen LogP contribution in [0.25, 0.3) is 10.1 Å². The molecule has 0 aliphatic rings. The normalized spacial score (nSPS) is 11.6. The number of nitrogens with zero attached hydrogens (tertiary/aromatic N) is 1. The van der Waals surface area contributed by atoms with E-state index in [-0.39, 0.29) is 10.8 Å². The summed E-state index contributed by atoms with van der Waals surface area (Å²) >= 11 is 10.8. The number of thiophene rings is 1. The number of nitrogens with one attached hydrogen (secondary N) is 1. The minimum atomic E-state index is -3.75. The first-order valence-corrected chi connectivity index (χ1v) is 14.5. The molecule has 0 saturated heterocycles. The number of amides is 1. The van der Waals surface area contributed by atoms with Gasteiger partial charge in [0.25, 0.3) is 15.9 Å². The van der Waals surface area contributed by atoms with Gasteiger partial charge in [-0.15, -0.1) is 11.3 Å². The maximum absolute atomic E-state index is 13.2. The highest BCUT2D eigenvalue weighted by Crippen LogP contribution is 2.33. The van der Waals surface area contributed by atoms with Crippen molar-refractivity contribution >= 4 is 76.3 Å². The van der Waals surface area contributed by atoms with Crippen molar-refractivity contribution in [2.24, 2.45) is 0 Å². The van der Waals surface area contributed by atoms with Gasteiger partial charge in [-0.25, -0.2) is 8.42 Å². The molecule has 5 nitrogen and oxygen atoms in total. The monoisotopic (exact) mass is 590 g/mol. The van der Waals surface area contributed by atoms with Gasteiger partial charge in [-0.3, -0.25) is 9.10 Å². The predicted molar refractivity (Wildman–Crippen MR) is 150 cm³/mol. The van der Waals surface area contributed by atoms with Crippen LogP contribution in [0.4, 0.5) is 11.4 Å². The number of benzene rings is 3. The quantitative estimate of drug-likeness (QED) is 0.242. The molecule has 1 heterocycles. The Bertz CT molecular complexity index is 1490. The third-order valence-electron chi connectivity index (χ3n) is 5.83. The summed E-state index contributed by atoms with van der Waals surface area (Å²) in [7, 11) is -2.24. The van der Waals surface area contributed by atoms with Crippen LogP contribution in [-0.2, 0) is 22.9 Å². The number of halogens is 2. The van der Waals surface area contributed by atoms with Crippen LogP contribution in [0.3, 0.4) is 0 Å². The second-order valence-corrected chi connectivity index (χ2v) is 12.4. The Labute approximate surface area is 222 Å². The molecule has 1 aromatic heterocycles. The Morgan fingerprint density at radius 3 is 2.23 bits per heavy atom. The van der Waals surface area contributed by atoms with Gasteiger partial charge in [-0.1, -0.05) is 41.4 Å². The second-order valence-electron chi connectivity index (χ2n) is 8.02. The van der Waals surface area contributed by atoms with E-state index in [1.54, 1.807) is 30.3 Å². The van der Waals surface area contributed by atoms with Crippen molar-refractivity contribution in [3.05, 3.63) is 86.2 Å². The van der Waals surface area contributed by atoms with Gasteiger partial charge in [0.2, 0.25) is 0 Å². The number of anilines is 2. The molecule has 1 N–H and O–H groups in total. The van der Waals surface area contributed by atoms with Gasteiger partial charge < -0.3 is 5.32 Å². The second kappa shape index (κ2) is 10.3. The first-order valence-electron chi connectivity index (χ1n) is 11.0. The van der Waals surface area contributed by atoms with Gasteiger partial charge >= 0.3 is 0 Å². The molecule has 0 bridgehead atoms. The van der Waals surface area contributed by atoms with Crippen molar-refractivity contribution in [3.8, 4) is 0 Å². The topological polar surface area (TPSA) is 66.5 Å². The van der Waals surface area contributed by atoms with Crippen molar-refractivity contribution < 1.29 is 13.2 Å². The Balaban J connectivity index is 1.63. The van der Waals surface area contributed by atoms with Crippen molar-refractivity contribution in [3.63, 3.8) is 0 Å².